The number of nitriles is 1. The SMILES string of the molecule is C[C@H](CNC(=O)c1ccc(-c2ccccc2C#N)nc1NCCc1cccc(F)c1)NS(C)(=O)=O. The Bertz CT molecular complexity index is 1360. The van der Waals surface area contributed by atoms with Crippen LogP contribution in [0, 0.1) is 17.1 Å². The first-order chi connectivity index (χ1) is 16.7. The van der Waals surface area contributed by atoms with Gasteiger partial charge >= 0.3 is 0 Å². The fourth-order valence-electron chi connectivity index (χ4n) is 3.50. The van der Waals surface area contributed by atoms with Crippen LogP contribution in [0.15, 0.2) is 60.7 Å². The zero-order chi connectivity index (χ0) is 25.4. The van der Waals surface area contributed by atoms with Crippen molar-refractivity contribution < 1.29 is 17.6 Å². The van der Waals surface area contributed by atoms with E-state index in [0.717, 1.165) is 11.8 Å². The highest BCUT2D eigenvalue weighted by molar-refractivity contribution is 7.88. The van der Waals surface area contributed by atoms with Gasteiger partial charge in [-0.25, -0.2) is 22.5 Å². The van der Waals surface area contributed by atoms with Gasteiger partial charge in [0.2, 0.25) is 10.0 Å². The van der Waals surface area contributed by atoms with Gasteiger partial charge in [-0.1, -0.05) is 30.3 Å². The molecule has 0 aliphatic heterocycles. The number of pyridine rings is 1. The number of amides is 1. The van der Waals surface area contributed by atoms with Crippen LogP contribution in [0.1, 0.15) is 28.4 Å². The van der Waals surface area contributed by atoms with Gasteiger partial charge in [0.25, 0.3) is 5.91 Å². The summed E-state index contributed by atoms with van der Waals surface area (Å²) >= 11 is 0. The number of sulfonamides is 1. The molecule has 1 atom stereocenters. The Kier molecular flexibility index (Phi) is 8.52. The van der Waals surface area contributed by atoms with Crippen LogP contribution in [0.2, 0.25) is 0 Å². The third-order valence-electron chi connectivity index (χ3n) is 5.04. The predicted molar refractivity (Wildman–Crippen MR) is 133 cm³/mol. The third kappa shape index (κ3) is 7.60. The van der Waals surface area contributed by atoms with E-state index in [1.165, 1.54) is 12.1 Å². The van der Waals surface area contributed by atoms with Crippen LogP contribution in [-0.4, -0.2) is 44.7 Å². The molecule has 1 heterocycles. The summed E-state index contributed by atoms with van der Waals surface area (Å²) in [6.07, 6.45) is 1.54. The molecule has 0 saturated heterocycles. The molecule has 3 aromatic rings. The van der Waals surface area contributed by atoms with Crippen LogP contribution in [0.25, 0.3) is 11.3 Å². The van der Waals surface area contributed by atoms with Gasteiger partial charge in [0.1, 0.15) is 11.6 Å². The lowest BCUT2D eigenvalue weighted by Gasteiger charge is -2.16. The molecule has 0 fully saturated rings. The molecule has 1 aromatic heterocycles. The van der Waals surface area contributed by atoms with Gasteiger partial charge in [-0.15, -0.1) is 0 Å². The van der Waals surface area contributed by atoms with E-state index in [9.17, 15) is 22.9 Å². The first-order valence-electron chi connectivity index (χ1n) is 10.9. The lowest BCUT2D eigenvalue weighted by Crippen LogP contribution is -2.41. The molecule has 10 heteroatoms. The molecule has 0 saturated carbocycles. The summed E-state index contributed by atoms with van der Waals surface area (Å²) in [7, 11) is -3.41. The number of carbonyl (C=O) groups is 1. The van der Waals surface area contributed by atoms with Crippen molar-refractivity contribution in [3.05, 3.63) is 83.2 Å². The molecular formula is C25H26FN5O3S. The van der Waals surface area contributed by atoms with Gasteiger partial charge in [-0.2, -0.15) is 5.26 Å². The summed E-state index contributed by atoms with van der Waals surface area (Å²) in [5, 5.41) is 15.3. The molecule has 0 spiro atoms. The summed E-state index contributed by atoms with van der Waals surface area (Å²) in [6, 6.07) is 18.2. The molecule has 2 aromatic carbocycles. The van der Waals surface area contributed by atoms with Gasteiger partial charge in [0, 0.05) is 24.7 Å². The maximum Gasteiger partial charge on any atom is 0.255 e. The monoisotopic (exact) mass is 495 g/mol. The third-order valence-corrected chi connectivity index (χ3v) is 5.87. The van der Waals surface area contributed by atoms with Crippen molar-refractivity contribution in [1.82, 2.24) is 15.0 Å². The number of nitrogens with one attached hydrogen (secondary N) is 3. The van der Waals surface area contributed by atoms with Crippen molar-refractivity contribution in [3.63, 3.8) is 0 Å². The molecule has 0 unspecified atom stereocenters. The smallest absolute Gasteiger partial charge is 0.255 e. The van der Waals surface area contributed by atoms with E-state index in [0.29, 0.717) is 35.6 Å². The minimum absolute atomic E-state index is 0.0770. The molecule has 0 aliphatic carbocycles. The molecule has 8 nitrogen and oxygen atoms in total. The van der Waals surface area contributed by atoms with E-state index in [1.54, 1.807) is 49.4 Å². The Morgan fingerprint density at radius 1 is 1.14 bits per heavy atom. The van der Waals surface area contributed by atoms with Crippen molar-refractivity contribution in [2.75, 3.05) is 24.7 Å². The Morgan fingerprint density at radius 2 is 1.91 bits per heavy atom. The summed E-state index contributed by atoms with van der Waals surface area (Å²) in [4.78, 5) is 17.5. The van der Waals surface area contributed by atoms with Crippen LogP contribution >= 0.6 is 0 Å². The number of aromatic nitrogens is 1. The topological polar surface area (TPSA) is 124 Å². The number of hydrogen-bond donors (Lipinski definition) is 3. The van der Waals surface area contributed by atoms with Crippen LogP contribution in [0.3, 0.4) is 0 Å². The Balaban J connectivity index is 1.84. The molecule has 3 rings (SSSR count). The molecule has 35 heavy (non-hydrogen) atoms. The molecular weight excluding hydrogens is 469 g/mol. The second-order valence-electron chi connectivity index (χ2n) is 8.06. The van der Waals surface area contributed by atoms with E-state index in [1.807, 2.05) is 6.07 Å². The van der Waals surface area contributed by atoms with Crippen molar-refractivity contribution in [2.24, 2.45) is 0 Å². The fraction of sp³-hybridized carbons (Fsp3) is 0.240. The standard InChI is InChI=1S/C25H26FN5O3S/c1-17(31-35(2,33)34)16-29-25(32)22-10-11-23(21-9-4-3-7-19(21)15-27)30-24(22)28-13-12-18-6-5-8-20(26)14-18/h3-11,14,17,31H,12-13,16H2,1-2H3,(H,28,30)(H,29,32)/t17-/m1/s1. The molecule has 182 valence electrons. The van der Waals surface area contributed by atoms with Gasteiger partial charge in [-0.3, -0.25) is 4.79 Å². The second-order valence-corrected chi connectivity index (χ2v) is 9.84. The summed E-state index contributed by atoms with van der Waals surface area (Å²) in [6.45, 7) is 2.10. The second kappa shape index (κ2) is 11.6. The predicted octanol–water partition coefficient (Wildman–Crippen LogP) is 3.08. The molecule has 0 bridgehead atoms. The first kappa shape index (κ1) is 25.8. The number of carbonyl (C=O) groups excluding carboxylic acids is 1. The fourth-order valence-corrected chi connectivity index (χ4v) is 4.31. The van der Waals surface area contributed by atoms with E-state index < -0.39 is 22.0 Å². The number of nitrogens with zero attached hydrogens (tertiary/aromatic N) is 2. The van der Waals surface area contributed by atoms with Gasteiger partial charge < -0.3 is 10.6 Å². The number of benzene rings is 2. The summed E-state index contributed by atoms with van der Waals surface area (Å²) in [5.74, 6) is -0.464. The van der Waals surface area contributed by atoms with E-state index in [2.05, 4.69) is 26.4 Å². The molecule has 3 N–H and O–H groups in total. The first-order valence-corrected chi connectivity index (χ1v) is 12.8. The highest BCUT2D eigenvalue weighted by Gasteiger charge is 2.17. The van der Waals surface area contributed by atoms with Crippen molar-refractivity contribution >= 4 is 21.7 Å². The van der Waals surface area contributed by atoms with Gasteiger partial charge in [0.15, 0.2) is 0 Å². The number of rotatable bonds is 10. The van der Waals surface area contributed by atoms with E-state index in [-0.39, 0.29) is 17.9 Å². The largest absolute Gasteiger partial charge is 0.369 e. The molecule has 0 radical (unpaired) electrons. The molecule has 1 amide bonds. The molecule has 0 aliphatic rings. The average Bonchev–Trinajstić information content (AvgIpc) is 2.81. The van der Waals surface area contributed by atoms with Crippen LogP contribution < -0.4 is 15.4 Å². The van der Waals surface area contributed by atoms with Gasteiger partial charge in [-0.05, 0) is 49.2 Å². The number of hydrogen-bond acceptors (Lipinski definition) is 6. The highest BCUT2D eigenvalue weighted by Crippen LogP contribution is 2.25. The lowest BCUT2D eigenvalue weighted by atomic mass is 10.0. The Morgan fingerprint density at radius 3 is 2.63 bits per heavy atom. The highest BCUT2D eigenvalue weighted by atomic mass is 32.2. The minimum atomic E-state index is -3.41. The Hall–Kier alpha value is -3.81. The van der Waals surface area contributed by atoms with E-state index in [4.69, 9.17) is 0 Å². The van der Waals surface area contributed by atoms with Crippen LogP contribution in [0.5, 0.6) is 0 Å². The zero-order valence-corrected chi connectivity index (χ0v) is 20.2. The van der Waals surface area contributed by atoms with Crippen molar-refractivity contribution in [1.29, 1.82) is 5.26 Å². The minimum Gasteiger partial charge on any atom is -0.369 e. The maximum absolute atomic E-state index is 13.5. The van der Waals surface area contributed by atoms with Crippen LogP contribution in [-0.2, 0) is 16.4 Å². The van der Waals surface area contributed by atoms with Gasteiger partial charge in [0.05, 0.1) is 29.1 Å². The lowest BCUT2D eigenvalue weighted by molar-refractivity contribution is 0.0951. The zero-order valence-electron chi connectivity index (χ0n) is 19.4. The van der Waals surface area contributed by atoms with Crippen LogP contribution in [0.4, 0.5) is 10.2 Å². The Labute approximate surface area is 204 Å². The number of halogens is 1. The summed E-state index contributed by atoms with van der Waals surface area (Å²) < 4.78 is 38.7. The average molecular weight is 496 g/mol. The number of anilines is 1. The van der Waals surface area contributed by atoms with Crippen molar-refractivity contribution in [2.45, 2.75) is 19.4 Å². The summed E-state index contributed by atoms with van der Waals surface area (Å²) in [5.41, 5.74) is 2.63. The van der Waals surface area contributed by atoms with Crippen molar-refractivity contribution in [3.8, 4) is 17.3 Å². The quantitative estimate of drug-likeness (QED) is 0.397. The maximum atomic E-state index is 13.5. The van der Waals surface area contributed by atoms with E-state index >= 15 is 0 Å². The normalized spacial score (nSPS) is 11.9.